The average molecular weight is 977 g/mol. The van der Waals surface area contributed by atoms with E-state index in [4.69, 9.17) is 28.4 Å². The number of nitrogens with one attached hydrogen (secondary N) is 2. The van der Waals surface area contributed by atoms with Crippen LogP contribution in [0, 0.1) is 27.9 Å². The van der Waals surface area contributed by atoms with Gasteiger partial charge in [0.25, 0.3) is 5.69 Å². The predicted octanol–water partition coefficient (Wildman–Crippen LogP) is 2.60. The number of esters is 1. The van der Waals surface area contributed by atoms with Crippen molar-refractivity contribution >= 4 is 21.7 Å². The van der Waals surface area contributed by atoms with Gasteiger partial charge in [0.15, 0.2) is 12.6 Å². The highest BCUT2D eigenvalue weighted by atomic mass is 32.2. The molecule has 0 saturated carbocycles. The number of non-ortho nitro benzene ring substituents is 1. The minimum absolute atomic E-state index is 0.0106. The van der Waals surface area contributed by atoms with E-state index < -0.39 is 123 Å². The lowest BCUT2D eigenvalue weighted by molar-refractivity contribution is -0.384. The first kappa shape index (κ1) is 57.1. The molecule has 0 radical (unpaired) electrons. The quantitative estimate of drug-likeness (QED) is 0.0611. The summed E-state index contributed by atoms with van der Waals surface area (Å²) in [5.74, 6) is -3.29. The summed E-state index contributed by atoms with van der Waals surface area (Å²) >= 11 is 0. The lowest BCUT2D eigenvalue weighted by Crippen LogP contribution is -2.70. The molecule has 3 aliphatic rings. The molecular formula is C46H80N4O16S. The SMILES string of the molecule is CCCNC[C@]1(O)[C@H](C)O[C@@H](O[C@H]2[C@H](C)[C@@H](O[C@@H]3O[C@H](C)C[C@H](N(C)S(=O)(=O)c4ccc([N+](=O)[O-])cc4)[C@H]3O)[C@](C)(O)C[C@@H](C)CN[C@H](C)[C@@H](O)[C@](C)(O)[C@@H](CC)OC(=O)[C@@H]2C)C[C@@]1(C)OC. The van der Waals surface area contributed by atoms with Gasteiger partial charge in [-0.1, -0.05) is 27.7 Å². The maximum Gasteiger partial charge on any atom is 0.311 e. The molecule has 67 heavy (non-hydrogen) atoms. The molecule has 3 saturated heterocycles. The molecule has 3 heterocycles. The summed E-state index contributed by atoms with van der Waals surface area (Å²) in [5, 5.41) is 77.9. The van der Waals surface area contributed by atoms with Crippen molar-refractivity contribution in [1.29, 1.82) is 0 Å². The van der Waals surface area contributed by atoms with Gasteiger partial charge in [-0.2, -0.15) is 4.31 Å². The number of benzene rings is 1. The Bertz CT molecular complexity index is 1890. The number of rotatable bonds is 14. The molecule has 1 aromatic carbocycles. The Morgan fingerprint density at radius 3 is 2.18 bits per heavy atom. The van der Waals surface area contributed by atoms with Gasteiger partial charge in [-0.25, -0.2) is 8.42 Å². The van der Waals surface area contributed by atoms with E-state index >= 15 is 0 Å². The van der Waals surface area contributed by atoms with Gasteiger partial charge in [0.2, 0.25) is 10.0 Å². The summed E-state index contributed by atoms with van der Waals surface area (Å²) in [6.07, 6.45) is -9.97. The normalized spacial score (nSPS) is 42.1. The van der Waals surface area contributed by atoms with Crippen LogP contribution in [0.5, 0.6) is 0 Å². The highest BCUT2D eigenvalue weighted by Crippen LogP contribution is 2.43. The van der Waals surface area contributed by atoms with Crippen molar-refractivity contribution in [3.63, 3.8) is 0 Å². The molecule has 18 atom stereocenters. The third kappa shape index (κ3) is 12.5. The first-order chi connectivity index (χ1) is 31.0. The lowest BCUT2D eigenvalue weighted by Gasteiger charge is -2.53. The van der Waals surface area contributed by atoms with Crippen LogP contribution >= 0.6 is 0 Å². The van der Waals surface area contributed by atoms with Crippen molar-refractivity contribution in [2.75, 3.05) is 33.8 Å². The van der Waals surface area contributed by atoms with E-state index in [1.807, 2.05) is 13.8 Å². The predicted molar refractivity (Wildman–Crippen MR) is 246 cm³/mol. The standard InChI is InChI=1S/C46H80N4O16S/c1-14-20-47-25-46(56)31(8)63-36(23-44(46,10)61-13)65-38-28(5)40(43(9,54)22-26(3)24-48-30(7)39(52)45(11,55)35(15-2)64-41(53)29(38)6)66-42-37(51)34(21-27(4)62-42)49(12)67(59,60)33-18-16-32(17-19-33)50(57)58/h16-19,26-31,34-40,42,47-48,51-52,54-56H,14-15,20-25H2,1-13H3/t26-,27-,28+,29-,30-,31+,34+,35-,36+,37-,38+,39-,40-,42+,43-,44-,45-,46+/m1/s1. The number of nitrogens with zero attached hydrogens (tertiary/aromatic N) is 2. The monoisotopic (exact) mass is 977 g/mol. The third-order valence-electron chi connectivity index (χ3n) is 14.5. The Kier molecular flexibility index (Phi) is 19.4. The zero-order valence-electron chi connectivity index (χ0n) is 41.6. The van der Waals surface area contributed by atoms with Gasteiger partial charge >= 0.3 is 5.97 Å². The number of likely N-dealkylation sites (N-methyl/N-ethyl adjacent to an activating group) is 1. The molecule has 0 aromatic heterocycles. The molecule has 7 N–H and O–H groups in total. The number of methoxy groups -OCH3 is 1. The molecule has 386 valence electrons. The Balaban J connectivity index is 1.82. The van der Waals surface area contributed by atoms with Crippen LogP contribution in [-0.2, 0) is 43.2 Å². The van der Waals surface area contributed by atoms with E-state index in [-0.39, 0.29) is 55.3 Å². The number of aliphatic hydroxyl groups is 5. The molecule has 20 nitrogen and oxygen atoms in total. The molecule has 0 unspecified atom stereocenters. The number of nitro groups is 1. The Morgan fingerprint density at radius 2 is 1.61 bits per heavy atom. The molecule has 3 fully saturated rings. The van der Waals surface area contributed by atoms with Gasteiger partial charge in [-0.05, 0) is 105 Å². The fourth-order valence-corrected chi connectivity index (χ4v) is 11.5. The minimum atomic E-state index is -4.33. The van der Waals surface area contributed by atoms with Gasteiger partial charge in [-0.3, -0.25) is 14.9 Å². The van der Waals surface area contributed by atoms with E-state index in [0.29, 0.717) is 6.54 Å². The smallest absolute Gasteiger partial charge is 0.311 e. The highest BCUT2D eigenvalue weighted by molar-refractivity contribution is 7.89. The molecule has 0 spiro atoms. The first-order valence-corrected chi connectivity index (χ1v) is 25.0. The van der Waals surface area contributed by atoms with Gasteiger partial charge in [-0.15, -0.1) is 0 Å². The van der Waals surface area contributed by atoms with E-state index in [2.05, 4.69) is 10.6 Å². The minimum Gasteiger partial charge on any atom is -0.459 e. The van der Waals surface area contributed by atoms with Crippen molar-refractivity contribution < 1.29 is 72.1 Å². The van der Waals surface area contributed by atoms with Crippen LogP contribution in [0.25, 0.3) is 0 Å². The van der Waals surface area contributed by atoms with Gasteiger partial charge < -0.3 is 64.6 Å². The summed E-state index contributed by atoms with van der Waals surface area (Å²) in [6.45, 7) is 19.7. The zero-order chi connectivity index (χ0) is 50.6. The summed E-state index contributed by atoms with van der Waals surface area (Å²) < 4.78 is 67.1. The average Bonchev–Trinajstić information content (AvgIpc) is 3.26. The van der Waals surface area contributed by atoms with Crippen molar-refractivity contribution in [2.24, 2.45) is 17.8 Å². The summed E-state index contributed by atoms with van der Waals surface area (Å²) in [5.41, 5.74) is -6.76. The van der Waals surface area contributed by atoms with Crippen LogP contribution in [0.2, 0.25) is 0 Å². The Morgan fingerprint density at radius 1 is 0.985 bits per heavy atom. The van der Waals surface area contributed by atoms with Crippen LogP contribution < -0.4 is 10.6 Å². The zero-order valence-corrected chi connectivity index (χ0v) is 42.4. The number of hydrogen-bond donors (Lipinski definition) is 7. The second kappa shape index (κ2) is 22.7. The van der Waals surface area contributed by atoms with Gasteiger partial charge in [0, 0.05) is 51.2 Å². The maximum absolute atomic E-state index is 14.5. The molecule has 0 bridgehead atoms. The highest BCUT2D eigenvalue weighted by Gasteiger charge is 2.58. The van der Waals surface area contributed by atoms with E-state index in [1.54, 1.807) is 55.4 Å². The number of carbonyl (C=O) groups is 1. The van der Waals surface area contributed by atoms with Crippen LogP contribution in [-0.4, -0.2) is 173 Å². The molecule has 0 aliphatic carbocycles. The number of carbonyl (C=O) groups excluding carboxylic acids is 1. The summed E-state index contributed by atoms with van der Waals surface area (Å²) in [6, 6.07) is 2.56. The largest absolute Gasteiger partial charge is 0.459 e. The molecule has 21 heteroatoms. The number of sulfonamides is 1. The van der Waals surface area contributed by atoms with Gasteiger partial charge in [0.1, 0.15) is 35.1 Å². The van der Waals surface area contributed by atoms with Crippen LogP contribution in [0.15, 0.2) is 29.2 Å². The van der Waals surface area contributed by atoms with Crippen molar-refractivity contribution in [3.8, 4) is 0 Å². The fraction of sp³-hybridized carbons (Fsp3) is 0.848. The number of aliphatic hydroxyl groups excluding tert-OH is 2. The Hall–Kier alpha value is -2.48. The molecule has 0 amide bonds. The van der Waals surface area contributed by atoms with E-state index in [9.17, 15) is 48.9 Å². The van der Waals surface area contributed by atoms with Crippen LogP contribution in [0.4, 0.5) is 5.69 Å². The van der Waals surface area contributed by atoms with Crippen molar-refractivity contribution in [2.45, 2.75) is 203 Å². The second-order valence-corrected chi connectivity index (χ2v) is 22.0. The molecule has 3 aliphatic heterocycles. The topological polar surface area (TPSA) is 278 Å². The number of ether oxygens (including phenoxy) is 6. The summed E-state index contributed by atoms with van der Waals surface area (Å²) in [4.78, 5) is 24.9. The van der Waals surface area contributed by atoms with Crippen molar-refractivity contribution in [3.05, 3.63) is 34.4 Å². The lowest BCUT2D eigenvalue weighted by atomic mass is 9.75. The molecule has 1 aromatic rings. The number of cyclic esters (lactones) is 1. The number of nitro benzene ring substituents is 1. The second-order valence-electron chi connectivity index (χ2n) is 20.0. The Labute approximate surface area is 396 Å². The fourth-order valence-electron chi connectivity index (χ4n) is 10.1. The van der Waals surface area contributed by atoms with Crippen molar-refractivity contribution in [1.82, 2.24) is 14.9 Å². The maximum atomic E-state index is 14.5. The van der Waals surface area contributed by atoms with E-state index in [0.717, 1.165) is 35.0 Å². The molecular weight excluding hydrogens is 897 g/mol. The summed E-state index contributed by atoms with van der Waals surface area (Å²) in [7, 11) is -1.57. The number of hydrogen-bond acceptors (Lipinski definition) is 18. The van der Waals surface area contributed by atoms with Crippen LogP contribution in [0.1, 0.15) is 108 Å². The van der Waals surface area contributed by atoms with Crippen LogP contribution in [0.3, 0.4) is 0 Å². The third-order valence-corrected chi connectivity index (χ3v) is 16.4. The first-order valence-electron chi connectivity index (χ1n) is 23.6. The van der Waals surface area contributed by atoms with Gasteiger partial charge in [0.05, 0.1) is 51.8 Å². The molecule has 4 rings (SSSR count). The van der Waals surface area contributed by atoms with E-state index in [1.165, 1.54) is 21.1 Å².